The molecule has 1 heterocycles. The van der Waals surface area contributed by atoms with Crippen molar-refractivity contribution >= 4 is 0 Å². The van der Waals surface area contributed by atoms with E-state index in [-0.39, 0.29) is 0 Å². The molecule has 0 N–H and O–H groups in total. The van der Waals surface area contributed by atoms with Gasteiger partial charge in [-0.15, -0.1) is 0 Å². The van der Waals surface area contributed by atoms with Gasteiger partial charge in [-0.1, -0.05) is 0 Å². The van der Waals surface area contributed by atoms with E-state index < -0.39 is 0 Å². The number of hydrogen-bond donors (Lipinski definition) is 0. The molecule has 0 aromatic carbocycles. The Balaban J connectivity index is 2.41. The molecule has 0 radical (unpaired) electrons. The van der Waals surface area contributed by atoms with E-state index in [1.807, 2.05) is 24.9 Å². The normalized spacial score (nSPS) is 10.3. The van der Waals surface area contributed by atoms with Gasteiger partial charge in [0.15, 0.2) is 0 Å². The fourth-order valence-corrected chi connectivity index (χ4v) is 1.11. The Bertz CT molecular complexity index is 297. The Kier molecular flexibility index (Phi) is 3.47. The Labute approximate surface area is 78.4 Å². The Morgan fingerprint density at radius 3 is 3.00 bits per heavy atom. The van der Waals surface area contributed by atoms with Crippen LogP contribution in [0.2, 0.25) is 0 Å². The van der Waals surface area contributed by atoms with Gasteiger partial charge >= 0.3 is 0 Å². The zero-order chi connectivity index (χ0) is 9.68. The molecule has 70 valence electrons. The number of imidazole rings is 1. The van der Waals surface area contributed by atoms with Crippen LogP contribution in [0.1, 0.15) is 12.2 Å². The maximum Gasteiger partial charge on any atom is 0.122 e. The second-order valence-corrected chi connectivity index (χ2v) is 3.10. The minimum atomic E-state index is 0.570. The van der Waals surface area contributed by atoms with Crippen LogP contribution in [0.3, 0.4) is 0 Å². The lowest BCUT2D eigenvalue weighted by molar-refractivity contribution is 0.322. The van der Waals surface area contributed by atoms with Gasteiger partial charge in [-0.3, -0.25) is 4.90 Å². The molecule has 0 aliphatic heterocycles. The second-order valence-electron chi connectivity index (χ2n) is 3.10. The summed E-state index contributed by atoms with van der Waals surface area (Å²) in [5, 5.41) is 8.40. The summed E-state index contributed by atoms with van der Waals surface area (Å²) in [6.07, 6.45) is 4.28. The monoisotopic (exact) mass is 178 g/mol. The van der Waals surface area contributed by atoms with E-state index in [0.717, 1.165) is 18.9 Å². The highest BCUT2D eigenvalue weighted by atomic mass is 15.1. The van der Waals surface area contributed by atoms with E-state index in [1.54, 1.807) is 6.20 Å². The van der Waals surface area contributed by atoms with Gasteiger partial charge in [0, 0.05) is 32.4 Å². The largest absolute Gasteiger partial charge is 0.337 e. The predicted octanol–water partition coefficient (Wildman–Crippen LogP) is 0.766. The van der Waals surface area contributed by atoms with Gasteiger partial charge in [-0.25, -0.2) is 4.98 Å². The van der Waals surface area contributed by atoms with Gasteiger partial charge in [0.1, 0.15) is 5.82 Å². The van der Waals surface area contributed by atoms with Crippen LogP contribution in [0.5, 0.6) is 0 Å². The van der Waals surface area contributed by atoms with Gasteiger partial charge in [-0.2, -0.15) is 5.26 Å². The minimum Gasteiger partial charge on any atom is -0.337 e. The van der Waals surface area contributed by atoms with Gasteiger partial charge < -0.3 is 4.57 Å². The fraction of sp³-hybridized carbons (Fsp3) is 0.556. The van der Waals surface area contributed by atoms with Crippen molar-refractivity contribution in [2.75, 3.05) is 13.6 Å². The SMILES string of the molecule is CN(CCC#N)Cc1nccn1C. The molecule has 1 aromatic rings. The van der Waals surface area contributed by atoms with E-state index >= 15 is 0 Å². The maximum absolute atomic E-state index is 8.40. The lowest BCUT2D eigenvalue weighted by Crippen LogP contribution is -2.20. The first-order valence-electron chi connectivity index (χ1n) is 4.25. The summed E-state index contributed by atoms with van der Waals surface area (Å²) in [6, 6.07) is 2.12. The molecule has 0 bridgehead atoms. The lowest BCUT2D eigenvalue weighted by atomic mass is 10.4. The summed E-state index contributed by atoms with van der Waals surface area (Å²) < 4.78 is 1.99. The highest BCUT2D eigenvalue weighted by Gasteiger charge is 2.03. The van der Waals surface area contributed by atoms with Crippen molar-refractivity contribution in [1.29, 1.82) is 5.26 Å². The Morgan fingerprint density at radius 1 is 1.69 bits per heavy atom. The molecule has 0 saturated heterocycles. The van der Waals surface area contributed by atoms with Gasteiger partial charge in [0.05, 0.1) is 12.6 Å². The lowest BCUT2D eigenvalue weighted by Gasteiger charge is -2.13. The quantitative estimate of drug-likeness (QED) is 0.684. The molecule has 0 aliphatic rings. The second kappa shape index (κ2) is 4.63. The highest BCUT2D eigenvalue weighted by molar-refractivity contribution is 4.90. The first-order valence-corrected chi connectivity index (χ1v) is 4.25. The average Bonchev–Trinajstić information content (AvgIpc) is 2.48. The van der Waals surface area contributed by atoms with Crippen molar-refractivity contribution < 1.29 is 0 Å². The molecule has 0 unspecified atom stereocenters. The molecule has 0 atom stereocenters. The molecular formula is C9H14N4. The van der Waals surface area contributed by atoms with Gasteiger partial charge in [-0.05, 0) is 7.05 Å². The topological polar surface area (TPSA) is 44.9 Å². The van der Waals surface area contributed by atoms with Crippen molar-refractivity contribution in [2.24, 2.45) is 7.05 Å². The van der Waals surface area contributed by atoms with Gasteiger partial charge in [0.25, 0.3) is 0 Å². The molecule has 0 amide bonds. The van der Waals surface area contributed by atoms with Crippen LogP contribution in [0.15, 0.2) is 12.4 Å². The number of nitriles is 1. The Morgan fingerprint density at radius 2 is 2.46 bits per heavy atom. The van der Waals surface area contributed by atoms with E-state index in [4.69, 9.17) is 5.26 Å². The van der Waals surface area contributed by atoms with Gasteiger partial charge in [0.2, 0.25) is 0 Å². The number of aryl methyl sites for hydroxylation is 1. The van der Waals surface area contributed by atoms with Crippen LogP contribution in [-0.4, -0.2) is 28.0 Å². The van der Waals surface area contributed by atoms with Crippen LogP contribution in [-0.2, 0) is 13.6 Å². The first-order chi connectivity index (χ1) is 6.24. The third-order valence-electron chi connectivity index (χ3n) is 1.94. The molecule has 13 heavy (non-hydrogen) atoms. The number of rotatable bonds is 4. The summed E-state index contributed by atoms with van der Waals surface area (Å²) in [7, 11) is 3.96. The molecule has 0 spiro atoms. The molecule has 1 rings (SSSR count). The first kappa shape index (κ1) is 9.75. The van der Waals surface area contributed by atoms with E-state index in [2.05, 4.69) is 16.0 Å². The average molecular weight is 178 g/mol. The molecule has 4 nitrogen and oxygen atoms in total. The van der Waals surface area contributed by atoms with Crippen molar-refractivity contribution in [3.63, 3.8) is 0 Å². The van der Waals surface area contributed by atoms with Crippen LogP contribution in [0, 0.1) is 11.3 Å². The molecule has 0 aliphatic carbocycles. The maximum atomic E-state index is 8.40. The zero-order valence-electron chi connectivity index (χ0n) is 8.06. The Hall–Kier alpha value is -1.34. The number of nitrogens with zero attached hydrogens (tertiary/aromatic N) is 4. The smallest absolute Gasteiger partial charge is 0.122 e. The predicted molar refractivity (Wildman–Crippen MR) is 49.8 cm³/mol. The fourth-order valence-electron chi connectivity index (χ4n) is 1.11. The van der Waals surface area contributed by atoms with Crippen LogP contribution in [0.4, 0.5) is 0 Å². The number of aromatic nitrogens is 2. The standard InChI is InChI=1S/C9H14N4/c1-12(6-3-4-10)8-9-11-5-7-13(9)2/h5,7H,3,6,8H2,1-2H3. The van der Waals surface area contributed by atoms with Crippen molar-refractivity contribution in [3.05, 3.63) is 18.2 Å². The molecular weight excluding hydrogens is 164 g/mol. The third kappa shape index (κ3) is 2.88. The van der Waals surface area contributed by atoms with E-state index in [0.29, 0.717) is 6.42 Å². The molecule has 4 heteroatoms. The zero-order valence-corrected chi connectivity index (χ0v) is 8.06. The molecule has 0 fully saturated rings. The summed E-state index contributed by atoms with van der Waals surface area (Å²) in [5.41, 5.74) is 0. The summed E-state index contributed by atoms with van der Waals surface area (Å²) >= 11 is 0. The van der Waals surface area contributed by atoms with Crippen LogP contribution < -0.4 is 0 Å². The molecule has 0 saturated carbocycles. The number of hydrogen-bond acceptors (Lipinski definition) is 3. The van der Waals surface area contributed by atoms with Crippen LogP contribution >= 0.6 is 0 Å². The van der Waals surface area contributed by atoms with Crippen molar-refractivity contribution in [1.82, 2.24) is 14.5 Å². The summed E-state index contributed by atoms with van der Waals surface area (Å²) in [5.74, 6) is 1.03. The van der Waals surface area contributed by atoms with E-state index in [9.17, 15) is 0 Å². The van der Waals surface area contributed by atoms with E-state index in [1.165, 1.54) is 0 Å². The van der Waals surface area contributed by atoms with Crippen LogP contribution in [0.25, 0.3) is 0 Å². The van der Waals surface area contributed by atoms with Crippen molar-refractivity contribution in [3.8, 4) is 6.07 Å². The minimum absolute atomic E-state index is 0.570. The van der Waals surface area contributed by atoms with Crippen molar-refractivity contribution in [2.45, 2.75) is 13.0 Å². The third-order valence-corrected chi connectivity index (χ3v) is 1.94. The highest BCUT2D eigenvalue weighted by Crippen LogP contribution is 1.99. The summed E-state index contributed by atoms with van der Waals surface area (Å²) in [4.78, 5) is 6.29. The summed E-state index contributed by atoms with van der Waals surface area (Å²) in [6.45, 7) is 1.59. The molecule has 1 aromatic heterocycles.